The van der Waals surface area contributed by atoms with E-state index in [2.05, 4.69) is 10.3 Å². The van der Waals surface area contributed by atoms with Gasteiger partial charge in [-0.3, -0.25) is 0 Å². The van der Waals surface area contributed by atoms with Crippen LogP contribution in [0.15, 0.2) is 36.5 Å². The van der Waals surface area contributed by atoms with Gasteiger partial charge >= 0.3 is 0 Å². The molecule has 0 unspecified atom stereocenters. The first-order chi connectivity index (χ1) is 9.20. The summed E-state index contributed by atoms with van der Waals surface area (Å²) in [6.45, 7) is 5.29. The molecule has 1 heterocycles. The topological polar surface area (TPSA) is 34.2 Å². The first-order valence-electron chi connectivity index (χ1n) is 6.29. The Bertz CT molecular complexity index is 558. The van der Waals surface area contributed by atoms with Gasteiger partial charge < -0.3 is 10.1 Å². The van der Waals surface area contributed by atoms with Crippen LogP contribution in [-0.2, 0) is 6.54 Å². The molecule has 19 heavy (non-hydrogen) atoms. The van der Waals surface area contributed by atoms with E-state index in [0.29, 0.717) is 18.0 Å². The molecule has 0 saturated heterocycles. The molecule has 4 heteroatoms. The number of aromatic nitrogens is 1. The molecule has 0 amide bonds. The van der Waals surface area contributed by atoms with Crippen LogP contribution in [0.2, 0.25) is 0 Å². The van der Waals surface area contributed by atoms with Crippen LogP contribution in [0, 0.1) is 12.7 Å². The van der Waals surface area contributed by atoms with E-state index in [9.17, 15) is 4.39 Å². The lowest BCUT2D eigenvalue weighted by atomic mass is 10.2. The average Bonchev–Trinajstić information content (AvgIpc) is 2.41. The van der Waals surface area contributed by atoms with Crippen molar-refractivity contribution in [2.45, 2.75) is 20.4 Å². The van der Waals surface area contributed by atoms with Crippen LogP contribution >= 0.6 is 0 Å². The van der Waals surface area contributed by atoms with Crippen LogP contribution in [0.5, 0.6) is 11.6 Å². The standard InChI is InChI=1S/C15H17FN2O/c1-3-17-9-12-8-13(16)10-18-15(12)19-14-7-5-4-6-11(14)2/h4-8,10,17H,3,9H2,1-2H3. The van der Waals surface area contributed by atoms with Crippen LogP contribution in [0.1, 0.15) is 18.1 Å². The molecule has 2 aromatic rings. The minimum atomic E-state index is -0.356. The minimum absolute atomic E-state index is 0.356. The van der Waals surface area contributed by atoms with Gasteiger partial charge in [0.1, 0.15) is 11.6 Å². The summed E-state index contributed by atoms with van der Waals surface area (Å²) in [5, 5.41) is 3.15. The molecule has 1 aromatic heterocycles. The summed E-state index contributed by atoms with van der Waals surface area (Å²) in [5.41, 5.74) is 1.73. The maximum Gasteiger partial charge on any atom is 0.223 e. The minimum Gasteiger partial charge on any atom is -0.438 e. The quantitative estimate of drug-likeness (QED) is 0.894. The number of ether oxygens (including phenoxy) is 1. The van der Waals surface area contributed by atoms with Crippen molar-refractivity contribution in [3.63, 3.8) is 0 Å². The van der Waals surface area contributed by atoms with Gasteiger partial charge in [-0.2, -0.15) is 0 Å². The largest absolute Gasteiger partial charge is 0.438 e. The molecule has 0 aliphatic rings. The van der Waals surface area contributed by atoms with E-state index in [4.69, 9.17) is 4.74 Å². The molecule has 0 spiro atoms. The Labute approximate surface area is 112 Å². The maximum atomic E-state index is 13.2. The molecule has 1 N–H and O–H groups in total. The number of nitrogens with one attached hydrogen (secondary N) is 1. The van der Waals surface area contributed by atoms with Gasteiger partial charge in [-0.05, 0) is 31.2 Å². The fraction of sp³-hybridized carbons (Fsp3) is 0.267. The summed E-state index contributed by atoms with van der Waals surface area (Å²) in [5.74, 6) is 0.820. The third-order valence-electron chi connectivity index (χ3n) is 2.76. The van der Waals surface area contributed by atoms with Crippen molar-refractivity contribution in [2.75, 3.05) is 6.54 Å². The predicted octanol–water partition coefficient (Wildman–Crippen LogP) is 3.43. The molecule has 0 atom stereocenters. The fourth-order valence-electron chi connectivity index (χ4n) is 1.72. The summed E-state index contributed by atoms with van der Waals surface area (Å²) in [6.07, 6.45) is 1.17. The van der Waals surface area contributed by atoms with Crippen molar-refractivity contribution in [2.24, 2.45) is 0 Å². The van der Waals surface area contributed by atoms with Crippen LogP contribution < -0.4 is 10.1 Å². The second-order valence-corrected chi connectivity index (χ2v) is 4.27. The van der Waals surface area contributed by atoms with E-state index in [1.54, 1.807) is 0 Å². The summed E-state index contributed by atoms with van der Waals surface area (Å²) in [4.78, 5) is 4.03. The number of rotatable bonds is 5. The van der Waals surface area contributed by atoms with Gasteiger partial charge in [0.2, 0.25) is 5.88 Å². The van der Waals surface area contributed by atoms with Gasteiger partial charge in [0, 0.05) is 12.1 Å². The zero-order valence-electron chi connectivity index (χ0n) is 11.1. The van der Waals surface area contributed by atoms with Gasteiger partial charge in [-0.1, -0.05) is 25.1 Å². The Balaban J connectivity index is 2.26. The highest BCUT2D eigenvalue weighted by molar-refractivity contribution is 5.37. The van der Waals surface area contributed by atoms with Gasteiger partial charge in [-0.15, -0.1) is 0 Å². The summed E-state index contributed by atoms with van der Waals surface area (Å²) < 4.78 is 19.0. The van der Waals surface area contributed by atoms with Crippen molar-refractivity contribution in [1.29, 1.82) is 0 Å². The maximum absolute atomic E-state index is 13.2. The van der Waals surface area contributed by atoms with Crippen molar-refractivity contribution in [3.05, 3.63) is 53.5 Å². The van der Waals surface area contributed by atoms with Gasteiger partial charge in [-0.25, -0.2) is 9.37 Å². The third-order valence-corrected chi connectivity index (χ3v) is 2.76. The number of pyridine rings is 1. The molecule has 0 aliphatic carbocycles. The highest BCUT2D eigenvalue weighted by Gasteiger charge is 2.09. The molecule has 0 fully saturated rings. The number of hydrogen-bond acceptors (Lipinski definition) is 3. The van der Waals surface area contributed by atoms with Gasteiger partial charge in [0.05, 0.1) is 6.20 Å². The van der Waals surface area contributed by atoms with Crippen LogP contribution in [0.4, 0.5) is 4.39 Å². The van der Waals surface area contributed by atoms with E-state index in [1.165, 1.54) is 12.3 Å². The molecule has 0 saturated carbocycles. The van der Waals surface area contributed by atoms with E-state index in [1.807, 2.05) is 38.1 Å². The van der Waals surface area contributed by atoms with Crippen LogP contribution in [0.3, 0.4) is 0 Å². The smallest absolute Gasteiger partial charge is 0.223 e. The Morgan fingerprint density at radius 3 is 2.84 bits per heavy atom. The zero-order valence-corrected chi connectivity index (χ0v) is 11.1. The molecule has 2 rings (SSSR count). The lowest BCUT2D eigenvalue weighted by Crippen LogP contribution is -2.13. The normalized spacial score (nSPS) is 10.5. The molecular formula is C15H17FN2O. The van der Waals surface area contributed by atoms with Crippen LogP contribution in [0.25, 0.3) is 0 Å². The zero-order chi connectivity index (χ0) is 13.7. The van der Waals surface area contributed by atoms with Crippen molar-refractivity contribution >= 4 is 0 Å². The van der Waals surface area contributed by atoms with E-state index in [0.717, 1.165) is 17.9 Å². The lowest BCUT2D eigenvalue weighted by molar-refractivity contribution is 0.446. The Morgan fingerprint density at radius 1 is 1.32 bits per heavy atom. The Hall–Kier alpha value is -1.94. The van der Waals surface area contributed by atoms with E-state index in [-0.39, 0.29) is 5.82 Å². The third kappa shape index (κ3) is 3.51. The van der Waals surface area contributed by atoms with E-state index >= 15 is 0 Å². The number of aryl methyl sites for hydroxylation is 1. The Kier molecular flexibility index (Phi) is 4.47. The fourth-order valence-corrected chi connectivity index (χ4v) is 1.72. The number of benzene rings is 1. The molecule has 0 radical (unpaired) electrons. The van der Waals surface area contributed by atoms with Crippen molar-refractivity contribution in [3.8, 4) is 11.6 Å². The summed E-state index contributed by atoms with van der Waals surface area (Å²) in [6, 6.07) is 9.12. The molecule has 3 nitrogen and oxygen atoms in total. The molecule has 1 aromatic carbocycles. The molecular weight excluding hydrogens is 243 g/mol. The second kappa shape index (κ2) is 6.29. The van der Waals surface area contributed by atoms with Gasteiger partial charge in [0.15, 0.2) is 0 Å². The van der Waals surface area contributed by atoms with E-state index < -0.39 is 0 Å². The Morgan fingerprint density at radius 2 is 2.11 bits per heavy atom. The lowest BCUT2D eigenvalue weighted by Gasteiger charge is -2.12. The molecule has 0 bridgehead atoms. The predicted molar refractivity (Wildman–Crippen MR) is 72.8 cm³/mol. The van der Waals surface area contributed by atoms with Crippen LogP contribution in [-0.4, -0.2) is 11.5 Å². The monoisotopic (exact) mass is 260 g/mol. The average molecular weight is 260 g/mol. The number of para-hydroxylation sites is 1. The highest BCUT2D eigenvalue weighted by atomic mass is 19.1. The first kappa shape index (κ1) is 13.5. The molecule has 100 valence electrons. The SMILES string of the molecule is CCNCc1cc(F)cnc1Oc1ccccc1C. The highest BCUT2D eigenvalue weighted by Crippen LogP contribution is 2.26. The molecule has 0 aliphatic heterocycles. The number of hydrogen-bond donors (Lipinski definition) is 1. The van der Waals surface area contributed by atoms with Crippen molar-refractivity contribution < 1.29 is 9.13 Å². The van der Waals surface area contributed by atoms with Crippen molar-refractivity contribution in [1.82, 2.24) is 10.3 Å². The number of nitrogens with zero attached hydrogens (tertiary/aromatic N) is 1. The first-order valence-corrected chi connectivity index (χ1v) is 6.29. The summed E-state index contributed by atoms with van der Waals surface area (Å²) in [7, 11) is 0. The second-order valence-electron chi connectivity index (χ2n) is 4.27. The summed E-state index contributed by atoms with van der Waals surface area (Å²) >= 11 is 0. The number of halogens is 1. The van der Waals surface area contributed by atoms with Gasteiger partial charge in [0.25, 0.3) is 0 Å².